The summed E-state index contributed by atoms with van der Waals surface area (Å²) in [6, 6.07) is 15.5. The van der Waals surface area contributed by atoms with Crippen LogP contribution in [0, 0.1) is 17.5 Å². The molecule has 1 aliphatic heterocycles. The molecule has 0 aliphatic carbocycles. The molecule has 0 atom stereocenters. The van der Waals surface area contributed by atoms with Crippen LogP contribution in [0.15, 0.2) is 71.7 Å². The van der Waals surface area contributed by atoms with Crippen LogP contribution in [0.1, 0.15) is 12.0 Å². The van der Waals surface area contributed by atoms with Gasteiger partial charge < -0.3 is 10.2 Å². The molecule has 0 unspecified atom stereocenters. The summed E-state index contributed by atoms with van der Waals surface area (Å²) in [5.74, 6) is -3.49. The van der Waals surface area contributed by atoms with Gasteiger partial charge in [0, 0.05) is 11.8 Å². The maximum absolute atomic E-state index is 13.4. The molecular formula is C23H16F3N3O2. The Balaban J connectivity index is 1.59. The molecule has 31 heavy (non-hydrogen) atoms. The van der Waals surface area contributed by atoms with Gasteiger partial charge in [0.2, 0.25) is 11.8 Å². The van der Waals surface area contributed by atoms with Gasteiger partial charge in [-0.1, -0.05) is 24.3 Å². The average Bonchev–Trinajstić information content (AvgIpc) is 2.88. The van der Waals surface area contributed by atoms with Crippen LogP contribution in [0.3, 0.4) is 0 Å². The Bertz CT molecular complexity index is 1190. The van der Waals surface area contributed by atoms with E-state index in [0.717, 1.165) is 12.1 Å². The molecule has 156 valence electrons. The predicted molar refractivity (Wildman–Crippen MR) is 111 cm³/mol. The lowest BCUT2D eigenvalue weighted by atomic mass is 10.1. The van der Waals surface area contributed by atoms with E-state index in [4.69, 9.17) is 0 Å². The summed E-state index contributed by atoms with van der Waals surface area (Å²) < 4.78 is 39.8. The fraction of sp³-hybridized carbons (Fsp3) is 0.0870. The zero-order chi connectivity index (χ0) is 22.0. The van der Waals surface area contributed by atoms with Crippen LogP contribution in [0.2, 0.25) is 0 Å². The zero-order valence-electron chi connectivity index (χ0n) is 16.1. The second-order valence-corrected chi connectivity index (χ2v) is 6.89. The van der Waals surface area contributed by atoms with Gasteiger partial charge in [0.1, 0.15) is 12.4 Å². The highest BCUT2D eigenvalue weighted by Crippen LogP contribution is 2.33. The lowest BCUT2D eigenvalue weighted by Gasteiger charge is -2.22. The Morgan fingerprint density at radius 1 is 0.968 bits per heavy atom. The third-order valence-electron chi connectivity index (χ3n) is 4.73. The molecule has 1 aliphatic rings. The fourth-order valence-electron chi connectivity index (χ4n) is 3.25. The Labute approximate surface area is 175 Å². The van der Waals surface area contributed by atoms with Crippen LogP contribution in [-0.4, -0.2) is 24.1 Å². The maximum atomic E-state index is 13.4. The average molecular weight is 423 g/mol. The van der Waals surface area contributed by atoms with Gasteiger partial charge in [0.15, 0.2) is 11.6 Å². The van der Waals surface area contributed by atoms with E-state index in [1.54, 1.807) is 24.3 Å². The van der Waals surface area contributed by atoms with Gasteiger partial charge in [-0.25, -0.2) is 13.2 Å². The number of hydrogen-bond donors (Lipinski definition) is 1. The van der Waals surface area contributed by atoms with Crippen molar-refractivity contribution < 1.29 is 22.8 Å². The summed E-state index contributed by atoms with van der Waals surface area (Å²) in [5.41, 5.74) is 2.03. The Kier molecular flexibility index (Phi) is 5.53. The lowest BCUT2D eigenvalue weighted by Crippen LogP contribution is -2.38. The zero-order valence-corrected chi connectivity index (χ0v) is 16.1. The molecule has 0 aromatic heterocycles. The Hall–Kier alpha value is -3.94. The second-order valence-electron chi connectivity index (χ2n) is 6.89. The number of rotatable bonds is 4. The number of amides is 2. The number of anilines is 2. The van der Waals surface area contributed by atoms with Crippen molar-refractivity contribution in [1.29, 1.82) is 0 Å². The highest BCUT2D eigenvalue weighted by molar-refractivity contribution is 6.18. The fourth-order valence-corrected chi connectivity index (χ4v) is 3.25. The number of nitrogens with zero attached hydrogens (tertiary/aromatic N) is 2. The molecule has 0 spiro atoms. The molecule has 0 bridgehead atoms. The summed E-state index contributed by atoms with van der Waals surface area (Å²) in [6.45, 7) is -0.346. The van der Waals surface area contributed by atoms with Crippen molar-refractivity contribution in [3.8, 4) is 0 Å². The predicted octanol–water partition coefficient (Wildman–Crippen LogP) is 4.60. The number of hydrogen-bond acceptors (Lipinski definition) is 3. The summed E-state index contributed by atoms with van der Waals surface area (Å²) >= 11 is 0. The van der Waals surface area contributed by atoms with E-state index < -0.39 is 23.4 Å². The van der Waals surface area contributed by atoms with Crippen molar-refractivity contribution in [2.24, 2.45) is 4.99 Å². The normalized spacial score (nSPS) is 13.3. The molecule has 4 rings (SSSR count). The molecule has 0 fully saturated rings. The molecule has 3 aromatic rings. The van der Waals surface area contributed by atoms with Gasteiger partial charge in [-0.3, -0.25) is 14.6 Å². The first-order valence-electron chi connectivity index (χ1n) is 9.38. The first-order chi connectivity index (χ1) is 14.9. The molecule has 3 aromatic carbocycles. The molecule has 2 amide bonds. The molecule has 1 heterocycles. The lowest BCUT2D eigenvalue weighted by molar-refractivity contribution is -0.120. The molecular weight excluding hydrogens is 407 g/mol. The van der Waals surface area contributed by atoms with Crippen molar-refractivity contribution >= 4 is 34.6 Å². The number of aliphatic imine (C=N–C) groups is 1. The van der Waals surface area contributed by atoms with Gasteiger partial charge in [-0.2, -0.15) is 0 Å². The van der Waals surface area contributed by atoms with Gasteiger partial charge in [0.25, 0.3) is 0 Å². The molecule has 1 N–H and O–H groups in total. The number of fused-ring (bicyclic) bond motifs is 1. The highest BCUT2D eigenvalue weighted by Gasteiger charge is 2.26. The molecule has 0 radical (unpaired) electrons. The van der Waals surface area contributed by atoms with Crippen molar-refractivity contribution in [2.75, 3.05) is 16.8 Å². The molecule has 8 heteroatoms. The minimum atomic E-state index is -1.09. The summed E-state index contributed by atoms with van der Waals surface area (Å²) in [7, 11) is 0. The van der Waals surface area contributed by atoms with Gasteiger partial charge in [0.05, 0.1) is 23.5 Å². The van der Waals surface area contributed by atoms with Crippen LogP contribution < -0.4 is 10.2 Å². The van der Waals surface area contributed by atoms with E-state index in [9.17, 15) is 22.8 Å². The number of para-hydroxylation sites is 2. The minimum Gasteiger partial charge on any atom is -0.324 e. The third kappa shape index (κ3) is 4.48. The Morgan fingerprint density at radius 2 is 1.71 bits per heavy atom. The minimum absolute atomic E-state index is 0.0720. The monoisotopic (exact) mass is 423 g/mol. The third-order valence-corrected chi connectivity index (χ3v) is 4.73. The van der Waals surface area contributed by atoms with Gasteiger partial charge in [-0.05, 0) is 42.0 Å². The van der Waals surface area contributed by atoms with Crippen LogP contribution in [0.5, 0.6) is 0 Å². The summed E-state index contributed by atoms with van der Waals surface area (Å²) in [5, 5.41) is 2.46. The highest BCUT2D eigenvalue weighted by atomic mass is 19.2. The standard InChI is InChI=1S/C23H16F3N3O2/c24-15-7-5-14(6-8-15)20-12-23(31)29(21-4-2-1-3-19(21)28-20)13-22(30)27-16-9-10-17(25)18(26)11-16/h1-11H,12-13H2,(H,27,30). The topological polar surface area (TPSA) is 61.8 Å². The number of carbonyl (C=O) groups excluding carboxylic acids is 2. The van der Waals surface area contributed by atoms with E-state index in [1.165, 1.54) is 35.2 Å². The van der Waals surface area contributed by atoms with E-state index in [0.29, 0.717) is 22.6 Å². The van der Waals surface area contributed by atoms with Gasteiger partial charge in [-0.15, -0.1) is 0 Å². The van der Waals surface area contributed by atoms with Crippen molar-refractivity contribution in [2.45, 2.75) is 6.42 Å². The van der Waals surface area contributed by atoms with Crippen molar-refractivity contribution in [3.05, 3.63) is 89.7 Å². The summed E-state index contributed by atoms with van der Waals surface area (Å²) in [4.78, 5) is 31.4. The largest absolute Gasteiger partial charge is 0.324 e. The quantitative estimate of drug-likeness (QED) is 0.667. The van der Waals surface area contributed by atoms with E-state index in [-0.39, 0.29) is 24.6 Å². The number of carbonyl (C=O) groups is 2. The summed E-state index contributed by atoms with van der Waals surface area (Å²) in [6.07, 6.45) is -0.0984. The van der Waals surface area contributed by atoms with Crippen LogP contribution in [0.4, 0.5) is 30.2 Å². The molecule has 0 saturated carbocycles. The second kappa shape index (κ2) is 8.43. The number of benzene rings is 3. The Morgan fingerprint density at radius 3 is 2.45 bits per heavy atom. The first kappa shape index (κ1) is 20.3. The molecule has 0 saturated heterocycles. The number of nitrogens with one attached hydrogen (secondary N) is 1. The number of halogens is 3. The van der Waals surface area contributed by atoms with Crippen LogP contribution in [0.25, 0.3) is 0 Å². The van der Waals surface area contributed by atoms with Crippen molar-refractivity contribution in [1.82, 2.24) is 0 Å². The van der Waals surface area contributed by atoms with Crippen molar-refractivity contribution in [3.63, 3.8) is 0 Å². The smallest absolute Gasteiger partial charge is 0.244 e. The van der Waals surface area contributed by atoms with Gasteiger partial charge >= 0.3 is 0 Å². The molecule has 5 nitrogen and oxygen atoms in total. The maximum Gasteiger partial charge on any atom is 0.244 e. The first-order valence-corrected chi connectivity index (χ1v) is 9.38. The van der Waals surface area contributed by atoms with E-state index >= 15 is 0 Å². The van der Waals surface area contributed by atoms with Crippen LogP contribution >= 0.6 is 0 Å². The van der Waals surface area contributed by atoms with E-state index in [1.807, 2.05) is 0 Å². The SMILES string of the molecule is O=C(CN1C(=O)CC(c2ccc(F)cc2)=Nc2ccccc21)Nc1ccc(F)c(F)c1. The van der Waals surface area contributed by atoms with E-state index in [2.05, 4.69) is 10.3 Å². The van der Waals surface area contributed by atoms with Crippen LogP contribution in [-0.2, 0) is 9.59 Å².